The molecule has 0 aromatic heterocycles. The van der Waals surface area contributed by atoms with E-state index in [0.29, 0.717) is 26.4 Å². The van der Waals surface area contributed by atoms with Crippen molar-refractivity contribution in [3.63, 3.8) is 0 Å². The average Bonchev–Trinajstić information content (AvgIpc) is 3.07. The number of ether oxygens (including phenoxy) is 4. The smallest absolute Gasteiger partial charge is 0.323 e. The Morgan fingerprint density at radius 3 is 1.26 bits per heavy atom. The van der Waals surface area contributed by atoms with Crippen LogP contribution in [0.15, 0.2) is 0 Å². The molecule has 0 heterocycles. The minimum absolute atomic E-state index is 0.0184. The predicted octanol–water partition coefficient (Wildman–Crippen LogP) is 5.93. The fourth-order valence-corrected chi connectivity index (χ4v) is 6.80. The molecule has 3 aliphatic carbocycles. The summed E-state index contributed by atoms with van der Waals surface area (Å²) in [6.07, 6.45) is 18.0. The molecule has 3 saturated carbocycles. The summed E-state index contributed by atoms with van der Waals surface area (Å²) >= 11 is 0. The van der Waals surface area contributed by atoms with Crippen LogP contribution >= 0.6 is 0 Å². The largest absolute Gasteiger partial charge is 0.465 e. The van der Waals surface area contributed by atoms with Crippen molar-refractivity contribution in [3.8, 4) is 0 Å². The lowest BCUT2D eigenvalue weighted by molar-refractivity contribution is -0.154. The van der Waals surface area contributed by atoms with Crippen LogP contribution in [0, 0.1) is 11.8 Å². The summed E-state index contributed by atoms with van der Waals surface area (Å²) in [6.45, 7) is 5.50. The molecule has 0 amide bonds. The first-order chi connectivity index (χ1) is 22.4. The molecule has 0 aromatic rings. The van der Waals surface area contributed by atoms with Gasteiger partial charge in [0, 0.05) is 12.1 Å². The average molecular weight is 651 g/mol. The minimum atomic E-state index is -0.673. The van der Waals surface area contributed by atoms with E-state index >= 15 is 0 Å². The van der Waals surface area contributed by atoms with E-state index < -0.39 is 12.1 Å². The summed E-state index contributed by atoms with van der Waals surface area (Å²) in [4.78, 5) is 51.1. The van der Waals surface area contributed by atoms with Crippen LogP contribution in [0.2, 0.25) is 0 Å². The number of hydrogen-bond donors (Lipinski definition) is 2. The van der Waals surface area contributed by atoms with Crippen molar-refractivity contribution in [1.82, 2.24) is 10.6 Å². The van der Waals surface area contributed by atoms with Gasteiger partial charge >= 0.3 is 23.9 Å². The molecule has 3 fully saturated rings. The Hall–Kier alpha value is -2.20. The first-order valence-electron chi connectivity index (χ1n) is 18.5. The molecule has 0 radical (unpaired) electrons. The third-order valence-corrected chi connectivity index (χ3v) is 9.81. The zero-order valence-electron chi connectivity index (χ0n) is 28.7. The maximum absolute atomic E-state index is 12.8. The van der Waals surface area contributed by atoms with E-state index in [1.807, 2.05) is 13.8 Å². The fourth-order valence-electron chi connectivity index (χ4n) is 6.80. The molecular weight excluding hydrogens is 588 g/mol. The van der Waals surface area contributed by atoms with Crippen LogP contribution in [0.4, 0.5) is 0 Å². The molecule has 0 aromatic carbocycles. The molecule has 0 aliphatic heterocycles. The number of carbonyl (C=O) groups excluding carboxylic acids is 4. The summed E-state index contributed by atoms with van der Waals surface area (Å²) in [5.74, 6) is -0.980. The Morgan fingerprint density at radius 2 is 0.913 bits per heavy atom. The highest BCUT2D eigenvalue weighted by molar-refractivity contribution is 5.83. The molecule has 46 heavy (non-hydrogen) atoms. The second-order valence-corrected chi connectivity index (χ2v) is 13.8. The van der Waals surface area contributed by atoms with Crippen LogP contribution in [-0.2, 0) is 38.1 Å². The SMILES string of the molecule is CCCCOC(=O)C(CC(=O)OCC1CCC(COC(=O)CC(NC2CCCCC2)C(=O)OCCCC)CC1)NC1CCCCC1. The van der Waals surface area contributed by atoms with E-state index in [4.69, 9.17) is 18.9 Å². The normalized spacial score (nSPS) is 22.4. The number of rotatable bonds is 20. The second-order valence-electron chi connectivity index (χ2n) is 13.8. The Balaban J connectivity index is 1.36. The van der Waals surface area contributed by atoms with Crippen LogP contribution in [0.1, 0.15) is 142 Å². The van der Waals surface area contributed by atoms with Gasteiger partial charge in [0.1, 0.15) is 12.1 Å². The minimum Gasteiger partial charge on any atom is -0.465 e. The van der Waals surface area contributed by atoms with Crippen molar-refractivity contribution in [1.29, 1.82) is 0 Å². The van der Waals surface area contributed by atoms with Gasteiger partial charge in [0.2, 0.25) is 0 Å². The first-order valence-corrected chi connectivity index (χ1v) is 18.5. The fraction of sp³-hybridized carbons (Fsp3) is 0.889. The summed E-state index contributed by atoms with van der Waals surface area (Å²) < 4.78 is 22.2. The first kappa shape index (κ1) is 38.2. The second kappa shape index (κ2) is 22.4. The molecule has 2 atom stereocenters. The van der Waals surface area contributed by atoms with Crippen LogP contribution in [-0.4, -0.2) is 74.5 Å². The standard InChI is InChI=1S/C36H62N2O8/c1-3-5-21-43-35(41)31(37-29-13-9-7-10-14-29)23-33(39)45-25-27-17-19-28(20-18-27)26-46-34(40)24-32(36(42)44-22-6-4-2)38-30-15-11-8-12-16-30/h27-32,37-38H,3-26H2,1-2H3. The molecule has 264 valence electrons. The third kappa shape index (κ3) is 15.1. The number of carbonyl (C=O) groups is 4. The predicted molar refractivity (Wildman–Crippen MR) is 176 cm³/mol. The van der Waals surface area contributed by atoms with Crippen molar-refractivity contribution in [2.24, 2.45) is 11.8 Å². The van der Waals surface area contributed by atoms with Gasteiger partial charge in [-0.2, -0.15) is 0 Å². The van der Waals surface area contributed by atoms with E-state index in [-0.39, 0.29) is 60.6 Å². The van der Waals surface area contributed by atoms with Crippen molar-refractivity contribution in [2.45, 2.75) is 166 Å². The zero-order chi connectivity index (χ0) is 33.0. The molecule has 2 N–H and O–H groups in total. The van der Waals surface area contributed by atoms with E-state index in [1.165, 1.54) is 12.8 Å². The number of hydrogen-bond acceptors (Lipinski definition) is 10. The molecule has 0 saturated heterocycles. The van der Waals surface area contributed by atoms with Gasteiger partial charge in [-0.1, -0.05) is 65.2 Å². The Kier molecular flexibility index (Phi) is 18.6. The quantitative estimate of drug-likeness (QED) is 0.0930. The van der Waals surface area contributed by atoms with Gasteiger partial charge in [-0.3, -0.25) is 19.2 Å². The summed E-state index contributed by atoms with van der Waals surface area (Å²) in [6, 6.07) is -0.885. The van der Waals surface area contributed by atoms with Crippen molar-refractivity contribution in [3.05, 3.63) is 0 Å². The van der Waals surface area contributed by atoms with E-state index in [1.54, 1.807) is 0 Å². The van der Waals surface area contributed by atoms with E-state index in [0.717, 1.165) is 103 Å². The van der Waals surface area contributed by atoms with Crippen molar-refractivity contribution in [2.75, 3.05) is 26.4 Å². The molecule has 3 rings (SSSR count). The molecule has 10 heteroatoms. The van der Waals surface area contributed by atoms with E-state index in [2.05, 4.69) is 10.6 Å². The molecular formula is C36H62N2O8. The van der Waals surface area contributed by atoms with Gasteiger partial charge in [-0.25, -0.2) is 0 Å². The lowest BCUT2D eigenvalue weighted by Gasteiger charge is -2.29. The monoisotopic (exact) mass is 650 g/mol. The highest BCUT2D eigenvalue weighted by Gasteiger charge is 2.30. The Bertz CT molecular complexity index is 822. The third-order valence-electron chi connectivity index (χ3n) is 9.81. The zero-order valence-corrected chi connectivity index (χ0v) is 28.7. The molecule has 3 aliphatic rings. The number of esters is 4. The Morgan fingerprint density at radius 1 is 0.543 bits per heavy atom. The van der Waals surface area contributed by atoms with Crippen LogP contribution in [0.3, 0.4) is 0 Å². The van der Waals surface area contributed by atoms with Crippen LogP contribution in [0.5, 0.6) is 0 Å². The molecule has 2 unspecified atom stereocenters. The van der Waals surface area contributed by atoms with Crippen LogP contribution < -0.4 is 10.6 Å². The van der Waals surface area contributed by atoms with Gasteiger partial charge in [0.15, 0.2) is 0 Å². The van der Waals surface area contributed by atoms with Gasteiger partial charge < -0.3 is 29.6 Å². The lowest BCUT2D eigenvalue weighted by Crippen LogP contribution is -2.46. The highest BCUT2D eigenvalue weighted by atomic mass is 16.5. The maximum Gasteiger partial charge on any atom is 0.323 e. The highest BCUT2D eigenvalue weighted by Crippen LogP contribution is 2.29. The summed E-state index contributed by atoms with van der Waals surface area (Å²) in [5, 5.41) is 6.77. The topological polar surface area (TPSA) is 129 Å². The maximum atomic E-state index is 12.8. The summed E-state index contributed by atoms with van der Waals surface area (Å²) in [5.41, 5.74) is 0. The molecule has 0 spiro atoms. The molecule has 0 bridgehead atoms. The van der Waals surface area contributed by atoms with Gasteiger partial charge in [-0.05, 0) is 76.0 Å². The number of unbranched alkanes of at least 4 members (excludes halogenated alkanes) is 2. The van der Waals surface area contributed by atoms with Gasteiger partial charge in [-0.15, -0.1) is 0 Å². The van der Waals surface area contributed by atoms with E-state index in [9.17, 15) is 19.2 Å². The lowest BCUT2D eigenvalue weighted by atomic mass is 9.83. The Labute approximate surface area is 277 Å². The summed E-state index contributed by atoms with van der Waals surface area (Å²) in [7, 11) is 0. The van der Waals surface area contributed by atoms with Crippen molar-refractivity contribution < 1.29 is 38.1 Å². The van der Waals surface area contributed by atoms with Gasteiger partial charge in [0.25, 0.3) is 0 Å². The molecule has 10 nitrogen and oxygen atoms in total. The van der Waals surface area contributed by atoms with Crippen molar-refractivity contribution >= 4 is 23.9 Å². The number of nitrogens with one attached hydrogen (secondary N) is 2. The van der Waals surface area contributed by atoms with Crippen LogP contribution in [0.25, 0.3) is 0 Å². The van der Waals surface area contributed by atoms with Gasteiger partial charge in [0.05, 0.1) is 39.3 Å².